The number of amidine groups is 1. The highest BCUT2D eigenvalue weighted by Crippen LogP contribution is 2.14. The first-order chi connectivity index (χ1) is 7.13. The molecule has 15 heavy (non-hydrogen) atoms. The Morgan fingerprint density at radius 1 is 1.73 bits per heavy atom. The molecule has 1 unspecified atom stereocenters. The summed E-state index contributed by atoms with van der Waals surface area (Å²) in [6.07, 6.45) is 2.21. The summed E-state index contributed by atoms with van der Waals surface area (Å²) in [7, 11) is 0. The molecule has 1 atom stereocenters. The van der Waals surface area contributed by atoms with Crippen molar-refractivity contribution < 1.29 is 10.0 Å². The summed E-state index contributed by atoms with van der Waals surface area (Å²) in [5.74, 6) is 0.557. The molecule has 0 aromatic carbocycles. The molecule has 1 aliphatic heterocycles. The van der Waals surface area contributed by atoms with Crippen LogP contribution in [0.25, 0.3) is 0 Å². The first kappa shape index (κ1) is 11.6. The Labute approximate surface area is 89.1 Å². The van der Waals surface area contributed by atoms with E-state index in [1.807, 2.05) is 0 Å². The fraction of sp³-hybridized carbons (Fsp3) is 0.778. The van der Waals surface area contributed by atoms with Crippen molar-refractivity contribution in [3.8, 4) is 0 Å². The lowest BCUT2D eigenvalue weighted by Gasteiger charge is -2.30. The Balaban J connectivity index is 2.33. The molecule has 1 fully saturated rings. The molecule has 1 heterocycles. The monoisotopic (exact) mass is 214 g/mol. The van der Waals surface area contributed by atoms with Gasteiger partial charge >= 0.3 is 6.03 Å². The van der Waals surface area contributed by atoms with Crippen molar-refractivity contribution in [3.63, 3.8) is 0 Å². The smallest absolute Gasteiger partial charge is 0.317 e. The molecule has 6 heteroatoms. The summed E-state index contributed by atoms with van der Waals surface area (Å²) in [6.45, 7) is 3.78. The van der Waals surface area contributed by atoms with E-state index in [0.29, 0.717) is 5.92 Å². The normalized spacial score (nSPS) is 22.6. The van der Waals surface area contributed by atoms with Gasteiger partial charge in [-0.1, -0.05) is 12.1 Å². The Bertz CT molecular complexity index is 254. The number of amides is 2. The summed E-state index contributed by atoms with van der Waals surface area (Å²) in [5, 5.41) is 13.7. The van der Waals surface area contributed by atoms with Crippen molar-refractivity contribution >= 4 is 11.9 Å². The largest absolute Gasteiger partial charge is 0.409 e. The molecular weight excluding hydrogens is 196 g/mol. The Morgan fingerprint density at radius 2 is 2.47 bits per heavy atom. The topological polar surface area (TPSA) is 91.0 Å². The number of rotatable bonds is 2. The number of nitrogens with one attached hydrogen (secondary N) is 1. The summed E-state index contributed by atoms with van der Waals surface area (Å²) < 4.78 is 0. The molecule has 1 rings (SSSR count). The summed E-state index contributed by atoms with van der Waals surface area (Å²) in [6, 6.07) is -0.145. The van der Waals surface area contributed by atoms with Crippen LogP contribution in [0.3, 0.4) is 0 Å². The van der Waals surface area contributed by atoms with E-state index in [-0.39, 0.29) is 18.4 Å². The maximum Gasteiger partial charge on any atom is 0.317 e. The van der Waals surface area contributed by atoms with E-state index < -0.39 is 0 Å². The van der Waals surface area contributed by atoms with E-state index >= 15 is 0 Å². The molecule has 0 aromatic rings. The summed E-state index contributed by atoms with van der Waals surface area (Å²) >= 11 is 0. The van der Waals surface area contributed by atoms with Crippen LogP contribution < -0.4 is 11.1 Å². The molecule has 4 N–H and O–H groups in total. The van der Waals surface area contributed by atoms with E-state index in [2.05, 4.69) is 17.4 Å². The Kier molecular flexibility index (Phi) is 4.20. The number of carbonyl (C=O) groups is 1. The molecule has 86 valence electrons. The lowest BCUT2D eigenvalue weighted by atomic mass is 10.0. The number of hydrogen-bond acceptors (Lipinski definition) is 3. The van der Waals surface area contributed by atoms with Gasteiger partial charge in [-0.05, 0) is 18.8 Å². The molecule has 2 amide bonds. The summed E-state index contributed by atoms with van der Waals surface area (Å²) in [5.41, 5.74) is 5.24. The van der Waals surface area contributed by atoms with Crippen LogP contribution in [0.15, 0.2) is 5.16 Å². The van der Waals surface area contributed by atoms with Gasteiger partial charge in [0.25, 0.3) is 0 Å². The highest BCUT2D eigenvalue weighted by Gasteiger charge is 2.20. The second-order valence-electron chi connectivity index (χ2n) is 3.94. The van der Waals surface area contributed by atoms with Gasteiger partial charge in [0, 0.05) is 13.1 Å². The van der Waals surface area contributed by atoms with Crippen molar-refractivity contribution in [3.05, 3.63) is 0 Å². The third-order valence-electron chi connectivity index (χ3n) is 2.49. The van der Waals surface area contributed by atoms with Crippen molar-refractivity contribution in [2.75, 3.05) is 19.6 Å². The SMILES string of the molecule is CC1CCCN(C(=O)NCC(N)=NO)C1. The first-order valence-electron chi connectivity index (χ1n) is 5.12. The van der Waals surface area contributed by atoms with Crippen molar-refractivity contribution in [2.24, 2.45) is 16.8 Å². The third-order valence-corrected chi connectivity index (χ3v) is 2.49. The maximum atomic E-state index is 11.6. The second-order valence-corrected chi connectivity index (χ2v) is 3.94. The van der Waals surface area contributed by atoms with Gasteiger partial charge in [0.2, 0.25) is 0 Å². The number of piperidine rings is 1. The number of carbonyl (C=O) groups excluding carboxylic acids is 1. The van der Waals surface area contributed by atoms with Gasteiger partial charge in [0.15, 0.2) is 5.84 Å². The lowest BCUT2D eigenvalue weighted by molar-refractivity contribution is 0.171. The number of likely N-dealkylation sites (tertiary alicyclic amines) is 1. The quantitative estimate of drug-likeness (QED) is 0.265. The van der Waals surface area contributed by atoms with E-state index in [9.17, 15) is 4.79 Å². The minimum absolute atomic E-state index is 0.00779. The Hall–Kier alpha value is -1.46. The standard InChI is InChI=1S/C9H18N4O2/c1-7-3-2-4-13(6-7)9(14)11-5-8(10)12-15/h7,15H,2-6H2,1H3,(H2,10,12)(H,11,14). The third kappa shape index (κ3) is 3.65. The van der Waals surface area contributed by atoms with Crippen LogP contribution >= 0.6 is 0 Å². The number of urea groups is 1. The van der Waals surface area contributed by atoms with Crippen LogP contribution in [0.4, 0.5) is 4.79 Å². The van der Waals surface area contributed by atoms with Crippen molar-refractivity contribution in [1.29, 1.82) is 0 Å². The average Bonchev–Trinajstić information content (AvgIpc) is 2.25. The van der Waals surface area contributed by atoms with E-state index in [1.54, 1.807) is 4.90 Å². The first-order valence-corrected chi connectivity index (χ1v) is 5.12. The van der Waals surface area contributed by atoms with Gasteiger partial charge in [-0.2, -0.15) is 0 Å². The van der Waals surface area contributed by atoms with Gasteiger partial charge in [-0.3, -0.25) is 0 Å². The number of oxime groups is 1. The van der Waals surface area contributed by atoms with Crippen molar-refractivity contribution in [1.82, 2.24) is 10.2 Å². The lowest BCUT2D eigenvalue weighted by Crippen LogP contribution is -2.47. The van der Waals surface area contributed by atoms with Crippen LogP contribution in [-0.4, -0.2) is 41.6 Å². The fourth-order valence-corrected chi connectivity index (χ4v) is 1.69. The average molecular weight is 214 g/mol. The van der Waals surface area contributed by atoms with Gasteiger partial charge in [-0.15, -0.1) is 0 Å². The van der Waals surface area contributed by atoms with Crippen LogP contribution in [0.1, 0.15) is 19.8 Å². The minimum Gasteiger partial charge on any atom is -0.409 e. The van der Waals surface area contributed by atoms with E-state index in [4.69, 9.17) is 10.9 Å². The second kappa shape index (κ2) is 5.43. The van der Waals surface area contributed by atoms with Crippen LogP contribution in [0.2, 0.25) is 0 Å². The molecule has 0 saturated carbocycles. The summed E-state index contributed by atoms with van der Waals surface area (Å²) in [4.78, 5) is 13.3. The molecule has 1 saturated heterocycles. The predicted octanol–water partition coefficient (Wildman–Crippen LogP) is 0.174. The van der Waals surface area contributed by atoms with Gasteiger partial charge in [-0.25, -0.2) is 4.79 Å². The zero-order valence-corrected chi connectivity index (χ0v) is 8.94. The molecule has 0 radical (unpaired) electrons. The van der Waals surface area contributed by atoms with Gasteiger partial charge in [0.05, 0.1) is 6.54 Å². The van der Waals surface area contributed by atoms with Gasteiger partial charge in [0.1, 0.15) is 0 Å². The van der Waals surface area contributed by atoms with Crippen LogP contribution in [0.5, 0.6) is 0 Å². The van der Waals surface area contributed by atoms with E-state index in [0.717, 1.165) is 19.5 Å². The zero-order chi connectivity index (χ0) is 11.3. The Morgan fingerprint density at radius 3 is 3.07 bits per heavy atom. The highest BCUT2D eigenvalue weighted by atomic mass is 16.4. The van der Waals surface area contributed by atoms with Crippen molar-refractivity contribution in [2.45, 2.75) is 19.8 Å². The van der Waals surface area contributed by atoms with Crippen LogP contribution in [-0.2, 0) is 0 Å². The fourth-order valence-electron chi connectivity index (χ4n) is 1.69. The predicted molar refractivity (Wildman–Crippen MR) is 56.8 cm³/mol. The molecule has 0 bridgehead atoms. The van der Waals surface area contributed by atoms with Gasteiger partial charge < -0.3 is 21.2 Å². The molecular formula is C9H18N4O2. The number of nitrogens with zero attached hydrogens (tertiary/aromatic N) is 2. The van der Waals surface area contributed by atoms with E-state index in [1.165, 1.54) is 6.42 Å². The molecule has 6 nitrogen and oxygen atoms in total. The molecule has 1 aliphatic rings. The van der Waals surface area contributed by atoms with Crippen LogP contribution in [0, 0.1) is 5.92 Å². The number of hydrogen-bond donors (Lipinski definition) is 3. The highest BCUT2D eigenvalue weighted by molar-refractivity contribution is 5.86. The zero-order valence-electron chi connectivity index (χ0n) is 8.94. The molecule has 0 aromatic heterocycles. The molecule has 0 aliphatic carbocycles. The molecule has 0 spiro atoms. The minimum atomic E-state index is -0.145. The maximum absolute atomic E-state index is 11.6. The number of nitrogens with two attached hydrogens (primary N) is 1.